The van der Waals surface area contributed by atoms with Gasteiger partial charge in [0.2, 0.25) is 0 Å². The van der Waals surface area contributed by atoms with Gasteiger partial charge in [-0.05, 0) is 49.3 Å². The van der Waals surface area contributed by atoms with Crippen LogP contribution in [0, 0.1) is 5.41 Å². The average molecular weight is 343 g/mol. The lowest BCUT2D eigenvalue weighted by molar-refractivity contribution is 0.197. The Morgan fingerprint density at radius 2 is 1.83 bits per heavy atom. The van der Waals surface area contributed by atoms with E-state index < -0.39 is 0 Å². The molecule has 4 rings (SSSR count). The second kappa shape index (κ2) is 6.34. The van der Waals surface area contributed by atoms with Gasteiger partial charge in [-0.1, -0.05) is 36.2 Å². The van der Waals surface area contributed by atoms with E-state index in [-0.39, 0.29) is 0 Å². The SMILES string of the molecule is NC1CCCC12CCN(c1ccc(-c3ccccc3Cl)nn1)CC2. The van der Waals surface area contributed by atoms with Crippen molar-refractivity contribution in [2.24, 2.45) is 11.1 Å². The van der Waals surface area contributed by atoms with Crippen LogP contribution in [0.15, 0.2) is 36.4 Å². The Bertz CT molecular complexity index is 708. The van der Waals surface area contributed by atoms with Crippen LogP contribution in [-0.4, -0.2) is 29.3 Å². The zero-order chi connectivity index (χ0) is 16.6. The molecule has 2 heterocycles. The summed E-state index contributed by atoms with van der Waals surface area (Å²) < 4.78 is 0. The van der Waals surface area contributed by atoms with Crippen molar-refractivity contribution >= 4 is 17.4 Å². The topological polar surface area (TPSA) is 55.0 Å². The van der Waals surface area contributed by atoms with Gasteiger partial charge >= 0.3 is 0 Å². The zero-order valence-electron chi connectivity index (χ0n) is 13.8. The van der Waals surface area contributed by atoms with Crippen LogP contribution in [0.4, 0.5) is 5.82 Å². The van der Waals surface area contributed by atoms with Crippen LogP contribution in [0.3, 0.4) is 0 Å². The number of rotatable bonds is 2. The Kier molecular flexibility index (Phi) is 4.19. The molecule has 126 valence electrons. The first kappa shape index (κ1) is 15.9. The molecule has 1 unspecified atom stereocenters. The summed E-state index contributed by atoms with van der Waals surface area (Å²) in [7, 11) is 0. The molecule has 0 amide bonds. The minimum absolute atomic E-state index is 0.376. The number of hydrogen-bond donors (Lipinski definition) is 1. The van der Waals surface area contributed by atoms with Crippen molar-refractivity contribution in [2.45, 2.75) is 38.1 Å². The Morgan fingerprint density at radius 1 is 1.04 bits per heavy atom. The third-order valence-corrected chi connectivity index (χ3v) is 6.19. The molecule has 1 aromatic carbocycles. The van der Waals surface area contributed by atoms with Crippen LogP contribution in [0.25, 0.3) is 11.3 Å². The van der Waals surface area contributed by atoms with Gasteiger partial charge in [0.05, 0.1) is 10.7 Å². The molecule has 24 heavy (non-hydrogen) atoms. The third-order valence-electron chi connectivity index (χ3n) is 5.86. The highest BCUT2D eigenvalue weighted by atomic mass is 35.5. The predicted octanol–water partition coefficient (Wildman–Crippen LogP) is 3.89. The minimum atomic E-state index is 0.376. The maximum atomic E-state index is 6.37. The van der Waals surface area contributed by atoms with E-state index in [9.17, 15) is 0 Å². The van der Waals surface area contributed by atoms with Crippen molar-refractivity contribution in [1.82, 2.24) is 10.2 Å². The summed E-state index contributed by atoms with van der Waals surface area (Å²) in [6.45, 7) is 2.04. The van der Waals surface area contributed by atoms with E-state index in [1.807, 2.05) is 30.3 Å². The van der Waals surface area contributed by atoms with E-state index in [0.717, 1.165) is 30.2 Å². The lowest BCUT2D eigenvalue weighted by Gasteiger charge is -2.42. The first-order valence-corrected chi connectivity index (χ1v) is 9.15. The van der Waals surface area contributed by atoms with Gasteiger partial charge in [-0.25, -0.2) is 0 Å². The first-order chi connectivity index (χ1) is 11.7. The van der Waals surface area contributed by atoms with Crippen LogP contribution < -0.4 is 10.6 Å². The number of nitrogens with zero attached hydrogens (tertiary/aromatic N) is 3. The molecule has 0 bridgehead atoms. The fourth-order valence-corrected chi connectivity index (χ4v) is 4.51. The molecule has 1 atom stereocenters. The average Bonchev–Trinajstić information content (AvgIpc) is 2.97. The number of hydrogen-bond acceptors (Lipinski definition) is 4. The number of anilines is 1. The van der Waals surface area contributed by atoms with E-state index in [2.05, 4.69) is 21.2 Å². The van der Waals surface area contributed by atoms with Crippen LogP contribution in [0.1, 0.15) is 32.1 Å². The van der Waals surface area contributed by atoms with Gasteiger partial charge < -0.3 is 10.6 Å². The van der Waals surface area contributed by atoms with Crippen molar-refractivity contribution in [2.75, 3.05) is 18.0 Å². The highest BCUT2D eigenvalue weighted by molar-refractivity contribution is 6.33. The Balaban J connectivity index is 1.47. The summed E-state index contributed by atoms with van der Waals surface area (Å²) in [6, 6.07) is 12.2. The quantitative estimate of drug-likeness (QED) is 0.899. The number of aromatic nitrogens is 2. The molecule has 1 aliphatic carbocycles. The number of nitrogens with two attached hydrogens (primary N) is 1. The van der Waals surface area contributed by atoms with Crippen molar-refractivity contribution in [3.8, 4) is 11.3 Å². The minimum Gasteiger partial charge on any atom is -0.355 e. The van der Waals surface area contributed by atoms with Gasteiger partial charge in [0.25, 0.3) is 0 Å². The zero-order valence-corrected chi connectivity index (χ0v) is 14.5. The predicted molar refractivity (Wildman–Crippen MR) is 98.2 cm³/mol. The molecule has 2 fully saturated rings. The van der Waals surface area contributed by atoms with Gasteiger partial charge in [0.1, 0.15) is 0 Å². The van der Waals surface area contributed by atoms with E-state index in [1.165, 1.54) is 32.1 Å². The fraction of sp³-hybridized carbons (Fsp3) is 0.474. The summed E-state index contributed by atoms with van der Waals surface area (Å²) in [5.74, 6) is 0.951. The number of benzene rings is 1. The second-order valence-electron chi connectivity index (χ2n) is 7.10. The maximum Gasteiger partial charge on any atom is 0.151 e. The maximum absolute atomic E-state index is 6.37. The van der Waals surface area contributed by atoms with Gasteiger partial charge in [-0.2, -0.15) is 0 Å². The van der Waals surface area contributed by atoms with Crippen LogP contribution in [0.2, 0.25) is 5.02 Å². The lowest BCUT2D eigenvalue weighted by Crippen LogP contribution is -2.47. The van der Waals surface area contributed by atoms with Crippen molar-refractivity contribution in [3.63, 3.8) is 0 Å². The summed E-state index contributed by atoms with van der Waals surface area (Å²) in [5.41, 5.74) is 8.48. The molecule has 1 saturated heterocycles. The molecule has 5 heteroatoms. The summed E-state index contributed by atoms with van der Waals surface area (Å²) >= 11 is 6.24. The molecule has 2 N–H and O–H groups in total. The van der Waals surface area contributed by atoms with Gasteiger partial charge in [-0.15, -0.1) is 10.2 Å². The van der Waals surface area contributed by atoms with Crippen molar-refractivity contribution in [1.29, 1.82) is 0 Å². The van der Waals surface area contributed by atoms with Gasteiger partial charge in [-0.3, -0.25) is 0 Å². The van der Waals surface area contributed by atoms with Crippen LogP contribution in [-0.2, 0) is 0 Å². The molecule has 4 nitrogen and oxygen atoms in total. The monoisotopic (exact) mass is 342 g/mol. The van der Waals surface area contributed by atoms with E-state index >= 15 is 0 Å². The normalized spacial score (nSPS) is 22.9. The van der Waals surface area contributed by atoms with E-state index in [0.29, 0.717) is 16.5 Å². The lowest BCUT2D eigenvalue weighted by atomic mass is 9.74. The molecule has 1 saturated carbocycles. The number of halogens is 1. The van der Waals surface area contributed by atoms with Crippen LogP contribution in [0.5, 0.6) is 0 Å². The molecule has 1 aromatic heterocycles. The molecule has 2 aliphatic rings. The Morgan fingerprint density at radius 3 is 2.46 bits per heavy atom. The molecule has 0 radical (unpaired) electrons. The molecular formula is C19H23ClN4. The third kappa shape index (κ3) is 2.78. The standard InChI is InChI=1S/C19H23ClN4/c20-15-5-2-1-4-14(15)16-7-8-18(23-22-16)24-12-10-19(11-13-24)9-3-6-17(19)21/h1-2,4-5,7-8,17H,3,6,9-13,21H2. The summed E-state index contributed by atoms with van der Waals surface area (Å²) in [6.07, 6.45) is 6.10. The Labute approximate surface area is 148 Å². The summed E-state index contributed by atoms with van der Waals surface area (Å²) in [4.78, 5) is 2.33. The second-order valence-corrected chi connectivity index (χ2v) is 7.51. The smallest absolute Gasteiger partial charge is 0.151 e. The van der Waals surface area contributed by atoms with Gasteiger partial charge in [0.15, 0.2) is 5.82 Å². The highest BCUT2D eigenvalue weighted by Gasteiger charge is 2.42. The Hall–Kier alpha value is -1.65. The van der Waals surface area contributed by atoms with Crippen molar-refractivity contribution in [3.05, 3.63) is 41.4 Å². The van der Waals surface area contributed by atoms with Crippen molar-refractivity contribution < 1.29 is 0 Å². The first-order valence-electron chi connectivity index (χ1n) is 8.77. The molecule has 2 aromatic rings. The molecule has 1 aliphatic heterocycles. The van der Waals surface area contributed by atoms with Gasteiger partial charge in [0, 0.05) is 24.7 Å². The molecular weight excluding hydrogens is 320 g/mol. The van der Waals surface area contributed by atoms with E-state index in [1.54, 1.807) is 0 Å². The summed E-state index contributed by atoms with van der Waals surface area (Å²) in [5, 5.41) is 9.53. The number of piperidine rings is 1. The van der Waals surface area contributed by atoms with Crippen LogP contribution >= 0.6 is 11.6 Å². The highest BCUT2D eigenvalue weighted by Crippen LogP contribution is 2.45. The largest absolute Gasteiger partial charge is 0.355 e. The molecule has 1 spiro atoms. The fourth-order valence-electron chi connectivity index (χ4n) is 4.27. The van der Waals surface area contributed by atoms with E-state index in [4.69, 9.17) is 17.3 Å².